The van der Waals surface area contributed by atoms with Crippen LogP contribution in [0.5, 0.6) is 0 Å². The normalized spacial score (nSPS) is 13.8. The molecular weight excluding hydrogens is 244 g/mol. The van der Waals surface area contributed by atoms with Gasteiger partial charge in [0.15, 0.2) is 0 Å². The standard InChI is InChI=1S/C10H18N2O4S/c1-3-8(9(11)14)17-5-4-7(10(15)16)12-6(2)13/h7-8H,3-5H2,1-2H3,(H2,11,14)(H,12,13)(H,15,16). The second-order valence-corrected chi connectivity index (χ2v) is 4.86. The van der Waals surface area contributed by atoms with Crippen LogP contribution in [0.3, 0.4) is 0 Å². The Hall–Kier alpha value is -1.24. The molecule has 0 spiro atoms. The van der Waals surface area contributed by atoms with Gasteiger partial charge in [0, 0.05) is 6.92 Å². The summed E-state index contributed by atoms with van der Waals surface area (Å²) in [6.07, 6.45) is 0.876. The Labute approximate surface area is 104 Å². The first-order chi connectivity index (χ1) is 7.88. The highest BCUT2D eigenvalue weighted by Gasteiger charge is 2.19. The molecular formula is C10H18N2O4S. The van der Waals surface area contributed by atoms with Crippen LogP contribution in [0, 0.1) is 0 Å². The maximum atomic E-state index is 10.9. The molecule has 6 nitrogen and oxygen atoms in total. The molecule has 0 aromatic heterocycles. The second kappa shape index (κ2) is 7.94. The molecule has 0 aliphatic heterocycles. The molecule has 0 radical (unpaired) electrons. The fraction of sp³-hybridized carbons (Fsp3) is 0.700. The molecule has 0 rings (SSSR count). The number of amides is 2. The van der Waals surface area contributed by atoms with Crippen molar-refractivity contribution >= 4 is 29.5 Å². The van der Waals surface area contributed by atoms with E-state index in [2.05, 4.69) is 5.32 Å². The van der Waals surface area contributed by atoms with Gasteiger partial charge in [0.2, 0.25) is 11.8 Å². The first-order valence-corrected chi connectivity index (χ1v) is 6.34. The van der Waals surface area contributed by atoms with Gasteiger partial charge in [-0.25, -0.2) is 4.79 Å². The van der Waals surface area contributed by atoms with E-state index in [0.29, 0.717) is 12.2 Å². The molecule has 4 N–H and O–H groups in total. The average Bonchev–Trinajstić information content (AvgIpc) is 2.21. The summed E-state index contributed by atoms with van der Waals surface area (Å²) >= 11 is 1.31. The molecule has 0 aliphatic rings. The Morgan fingerprint density at radius 3 is 2.35 bits per heavy atom. The quantitative estimate of drug-likeness (QED) is 0.568. The summed E-state index contributed by atoms with van der Waals surface area (Å²) in [5.41, 5.74) is 5.16. The van der Waals surface area contributed by atoms with Gasteiger partial charge in [-0.1, -0.05) is 6.92 Å². The van der Waals surface area contributed by atoms with Crippen LogP contribution in [-0.2, 0) is 14.4 Å². The Kier molecular flexibility index (Phi) is 7.36. The molecule has 0 aliphatic carbocycles. The number of carbonyl (C=O) groups is 3. The van der Waals surface area contributed by atoms with Gasteiger partial charge in [-0.2, -0.15) is 0 Å². The molecule has 2 unspecified atom stereocenters. The first kappa shape index (κ1) is 15.8. The fourth-order valence-electron chi connectivity index (χ4n) is 1.23. The van der Waals surface area contributed by atoms with Crippen molar-refractivity contribution in [2.24, 2.45) is 5.73 Å². The molecule has 0 bridgehead atoms. The number of thioether (sulfide) groups is 1. The van der Waals surface area contributed by atoms with E-state index >= 15 is 0 Å². The van der Waals surface area contributed by atoms with E-state index < -0.39 is 17.9 Å². The maximum Gasteiger partial charge on any atom is 0.326 e. The summed E-state index contributed by atoms with van der Waals surface area (Å²) in [5.74, 6) is -1.40. The third-order valence-electron chi connectivity index (χ3n) is 2.09. The summed E-state index contributed by atoms with van der Waals surface area (Å²) in [4.78, 5) is 32.5. The lowest BCUT2D eigenvalue weighted by molar-refractivity contribution is -0.141. The smallest absolute Gasteiger partial charge is 0.326 e. The zero-order chi connectivity index (χ0) is 13.4. The highest BCUT2D eigenvalue weighted by atomic mass is 32.2. The summed E-state index contributed by atoms with van der Waals surface area (Å²) < 4.78 is 0. The monoisotopic (exact) mass is 262 g/mol. The number of aliphatic carboxylic acids is 1. The Morgan fingerprint density at radius 2 is 2.00 bits per heavy atom. The molecule has 0 aromatic carbocycles. The number of hydrogen-bond donors (Lipinski definition) is 3. The highest BCUT2D eigenvalue weighted by Crippen LogP contribution is 2.16. The van der Waals surface area contributed by atoms with Crippen molar-refractivity contribution < 1.29 is 19.5 Å². The fourth-order valence-corrected chi connectivity index (χ4v) is 2.29. The van der Waals surface area contributed by atoms with Gasteiger partial charge in [-0.3, -0.25) is 9.59 Å². The average molecular weight is 262 g/mol. The molecule has 0 aromatic rings. The van der Waals surface area contributed by atoms with Crippen molar-refractivity contribution in [3.05, 3.63) is 0 Å². The molecule has 0 saturated heterocycles. The molecule has 0 saturated carbocycles. The van der Waals surface area contributed by atoms with Crippen molar-refractivity contribution in [1.29, 1.82) is 0 Å². The molecule has 98 valence electrons. The minimum atomic E-state index is -1.08. The number of hydrogen-bond acceptors (Lipinski definition) is 4. The Morgan fingerprint density at radius 1 is 1.41 bits per heavy atom. The van der Waals surface area contributed by atoms with Crippen molar-refractivity contribution in [2.45, 2.75) is 38.0 Å². The summed E-state index contributed by atoms with van der Waals surface area (Å²) in [6, 6.07) is -0.912. The summed E-state index contributed by atoms with van der Waals surface area (Å²) in [6.45, 7) is 3.10. The van der Waals surface area contributed by atoms with Crippen molar-refractivity contribution in [2.75, 3.05) is 5.75 Å². The van der Waals surface area contributed by atoms with Crippen LogP contribution in [-0.4, -0.2) is 39.9 Å². The zero-order valence-electron chi connectivity index (χ0n) is 9.93. The van der Waals surface area contributed by atoms with Gasteiger partial charge in [-0.05, 0) is 18.6 Å². The molecule has 7 heteroatoms. The van der Waals surface area contributed by atoms with Crippen LogP contribution in [0.4, 0.5) is 0 Å². The summed E-state index contributed by atoms with van der Waals surface area (Å²) in [5, 5.41) is 10.9. The lowest BCUT2D eigenvalue weighted by atomic mass is 10.2. The number of nitrogens with two attached hydrogens (primary N) is 1. The zero-order valence-corrected chi connectivity index (χ0v) is 10.8. The van der Waals surface area contributed by atoms with Crippen LogP contribution < -0.4 is 11.1 Å². The van der Waals surface area contributed by atoms with Crippen LogP contribution in [0.15, 0.2) is 0 Å². The van der Waals surface area contributed by atoms with Gasteiger partial charge in [0.05, 0.1) is 5.25 Å². The third kappa shape index (κ3) is 6.83. The largest absolute Gasteiger partial charge is 0.480 e. The molecule has 0 fully saturated rings. The van der Waals surface area contributed by atoms with Crippen molar-refractivity contribution in [1.82, 2.24) is 5.32 Å². The summed E-state index contributed by atoms with van der Waals surface area (Å²) in [7, 11) is 0. The van der Waals surface area contributed by atoms with E-state index in [1.54, 1.807) is 0 Å². The van der Waals surface area contributed by atoms with Crippen molar-refractivity contribution in [3.8, 4) is 0 Å². The van der Waals surface area contributed by atoms with Crippen LogP contribution in [0.25, 0.3) is 0 Å². The number of carbonyl (C=O) groups excluding carboxylic acids is 2. The minimum absolute atomic E-state index is 0.267. The number of carboxylic acids is 1. The van der Waals surface area contributed by atoms with E-state index in [0.717, 1.165) is 0 Å². The molecule has 2 atom stereocenters. The lowest BCUT2D eigenvalue weighted by Crippen LogP contribution is -2.40. The first-order valence-electron chi connectivity index (χ1n) is 5.29. The Balaban J connectivity index is 4.09. The lowest BCUT2D eigenvalue weighted by Gasteiger charge is -2.15. The van der Waals surface area contributed by atoms with E-state index in [1.807, 2.05) is 6.92 Å². The number of carboxylic acid groups (broad SMARTS) is 1. The second-order valence-electron chi connectivity index (χ2n) is 3.55. The number of rotatable bonds is 8. The van der Waals surface area contributed by atoms with Crippen LogP contribution in [0.2, 0.25) is 0 Å². The predicted octanol–water partition coefficient (Wildman–Crippen LogP) is -0.0371. The third-order valence-corrected chi connectivity index (χ3v) is 3.53. The Bertz CT molecular complexity index is 296. The predicted molar refractivity (Wildman–Crippen MR) is 65.6 cm³/mol. The van der Waals surface area contributed by atoms with Gasteiger partial charge >= 0.3 is 5.97 Å². The van der Waals surface area contributed by atoms with Gasteiger partial charge in [0.1, 0.15) is 6.04 Å². The van der Waals surface area contributed by atoms with E-state index in [4.69, 9.17) is 10.8 Å². The van der Waals surface area contributed by atoms with Crippen LogP contribution in [0.1, 0.15) is 26.7 Å². The van der Waals surface area contributed by atoms with E-state index in [9.17, 15) is 14.4 Å². The van der Waals surface area contributed by atoms with Gasteiger partial charge in [0.25, 0.3) is 0 Å². The SMILES string of the molecule is CCC(SCCC(NC(C)=O)C(=O)O)C(N)=O. The highest BCUT2D eigenvalue weighted by molar-refractivity contribution is 8.00. The molecule has 0 heterocycles. The van der Waals surface area contributed by atoms with Crippen LogP contribution >= 0.6 is 11.8 Å². The molecule has 17 heavy (non-hydrogen) atoms. The maximum absolute atomic E-state index is 10.9. The van der Waals surface area contributed by atoms with Gasteiger partial charge < -0.3 is 16.2 Å². The topological polar surface area (TPSA) is 109 Å². The van der Waals surface area contributed by atoms with E-state index in [1.165, 1.54) is 18.7 Å². The van der Waals surface area contributed by atoms with Gasteiger partial charge in [-0.15, -0.1) is 11.8 Å². The number of nitrogens with one attached hydrogen (secondary N) is 1. The van der Waals surface area contributed by atoms with E-state index in [-0.39, 0.29) is 17.6 Å². The molecule has 2 amide bonds. The van der Waals surface area contributed by atoms with Crippen molar-refractivity contribution in [3.63, 3.8) is 0 Å². The number of primary amides is 1. The minimum Gasteiger partial charge on any atom is -0.480 e.